The van der Waals surface area contributed by atoms with Crippen LogP contribution in [0.25, 0.3) is 0 Å². The molecule has 0 saturated carbocycles. The standard InChI is InChI=1S/C24H25NO5S2/c1-29-20-15-17-10-12-25(23(26)11-14-32(27,28)18-7-4-3-5-8-18)24(22-9-6-13-31-22)19(17)16-21(20)30-2/h3-9,13,15-16,24H,10-12,14H2,1-2H3. The lowest BCUT2D eigenvalue weighted by Crippen LogP contribution is -2.41. The third-order valence-electron chi connectivity index (χ3n) is 5.69. The smallest absolute Gasteiger partial charge is 0.224 e. The van der Waals surface area contributed by atoms with Gasteiger partial charge in [0.15, 0.2) is 21.3 Å². The minimum absolute atomic E-state index is 0.0677. The Hall–Kier alpha value is -2.84. The fraction of sp³-hybridized carbons (Fsp3) is 0.292. The van der Waals surface area contributed by atoms with Crippen molar-refractivity contribution >= 4 is 27.1 Å². The van der Waals surface area contributed by atoms with Crippen molar-refractivity contribution in [1.82, 2.24) is 4.90 Å². The lowest BCUT2D eigenvalue weighted by molar-refractivity contribution is -0.132. The number of hydrogen-bond donors (Lipinski definition) is 0. The van der Waals surface area contributed by atoms with Crippen LogP contribution in [0.1, 0.15) is 28.5 Å². The number of sulfone groups is 1. The second-order valence-electron chi connectivity index (χ2n) is 7.54. The van der Waals surface area contributed by atoms with Gasteiger partial charge in [-0.2, -0.15) is 0 Å². The molecule has 32 heavy (non-hydrogen) atoms. The van der Waals surface area contributed by atoms with Crippen LogP contribution in [0.5, 0.6) is 11.5 Å². The molecule has 3 aromatic rings. The molecule has 0 spiro atoms. The molecule has 1 aliphatic heterocycles. The lowest BCUT2D eigenvalue weighted by Gasteiger charge is -2.37. The van der Waals surface area contributed by atoms with E-state index in [2.05, 4.69) is 0 Å². The summed E-state index contributed by atoms with van der Waals surface area (Å²) >= 11 is 1.57. The second-order valence-corrected chi connectivity index (χ2v) is 10.6. The SMILES string of the molecule is COc1cc2c(cc1OC)C(c1cccs1)N(C(=O)CCS(=O)(=O)c1ccccc1)CC2. The van der Waals surface area contributed by atoms with Crippen molar-refractivity contribution in [2.24, 2.45) is 0 Å². The van der Waals surface area contributed by atoms with Gasteiger partial charge in [0, 0.05) is 17.8 Å². The van der Waals surface area contributed by atoms with Crippen LogP contribution in [0.4, 0.5) is 0 Å². The van der Waals surface area contributed by atoms with Gasteiger partial charge in [-0.3, -0.25) is 4.79 Å². The average Bonchev–Trinajstić information content (AvgIpc) is 3.36. The van der Waals surface area contributed by atoms with Gasteiger partial charge < -0.3 is 14.4 Å². The Morgan fingerprint density at radius 2 is 1.78 bits per heavy atom. The number of nitrogens with zero attached hydrogens (tertiary/aromatic N) is 1. The van der Waals surface area contributed by atoms with E-state index < -0.39 is 9.84 Å². The minimum atomic E-state index is -3.53. The van der Waals surface area contributed by atoms with Crippen molar-refractivity contribution in [2.45, 2.75) is 23.8 Å². The number of carbonyl (C=O) groups is 1. The van der Waals surface area contributed by atoms with Crippen molar-refractivity contribution in [1.29, 1.82) is 0 Å². The molecule has 1 aromatic heterocycles. The molecular weight excluding hydrogens is 446 g/mol. The molecule has 2 heterocycles. The van der Waals surface area contributed by atoms with Gasteiger partial charge in [0.25, 0.3) is 0 Å². The van der Waals surface area contributed by atoms with E-state index in [9.17, 15) is 13.2 Å². The van der Waals surface area contributed by atoms with E-state index in [1.165, 1.54) is 0 Å². The normalized spacial score (nSPS) is 15.8. The van der Waals surface area contributed by atoms with Crippen LogP contribution in [-0.4, -0.2) is 45.7 Å². The van der Waals surface area contributed by atoms with Crippen molar-refractivity contribution in [3.8, 4) is 11.5 Å². The average molecular weight is 472 g/mol. The van der Waals surface area contributed by atoms with E-state index >= 15 is 0 Å². The fourth-order valence-electron chi connectivity index (χ4n) is 4.08. The predicted octanol–water partition coefficient (Wildman–Crippen LogP) is 4.10. The van der Waals surface area contributed by atoms with Crippen molar-refractivity contribution in [3.05, 3.63) is 76.0 Å². The van der Waals surface area contributed by atoms with Crippen molar-refractivity contribution in [2.75, 3.05) is 26.5 Å². The molecule has 0 fully saturated rings. The van der Waals surface area contributed by atoms with E-state index in [0.717, 1.165) is 16.0 Å². The lowest BCUT2D eigenvalue weighted by atomic mass is 9.90. The highest BCUT2D eigenvalue weighted by atomic mass is 32.2. The minimum Gasteiger partial charge on any atom is -0.493 e. The number of thiophene rings is 1. The van der Waals surface area contributed by atoms with Crippen LogP contribution in [0.3, 0.4) is 0 Å². The molecule has 8 heteroatoms. The summed E-state index contributed by atoms with van der Waals surface area (Å²) in [6.07, 6.45) is 0.594. The van der Waals surface area contributed by atoms with Crippen molar-refractivity contribution in [3.63, 3.8) is 0 Å². The fourth-order valence-corrected chi connectivity index (χ4v) is 6.18. The Morgan fingerprint density at radius 1 is 1.06 bits per heavy atom. The van der Waals surface area contributed by atoms with Crippen molar-refractivity contribution < 1.29 is 22.7 Å². The first-order valence-corrected chi connectivity index (χ1v) is 12.8. The van der Waals surface area contributed by atoms with Crippen LogP contribution in [-0.2, 0) is 21.1 Å². The number of methoxy groups -OCH3 is 2. The largest absolute Gasteiger partial charge is 0.493 e. The molecule has 1 atom stereocenters. The molecule has 0 bridgehead atoms. The van der Waals surface area contributed by atoms with E-state index in [4.69, 9.17) is 9.47 Å². The van der Waals surface area contributed by atoms with E-state index in [-0.39, 0.29) is 29.0 Å². The van der Waals surface area contributed by atoms with Gasteiger partial charge in [0.2, 0.25) is 5.91 Å². The Balaban J connectivity index is 1.63. The molecular formula is C24H25NO5S2. The molecule has 1 aliphatic rings. The maximum atomic E-state index is 13.3. The number of rotatable bonds is 7. The summed E-state index contributed by atoms with van der Waals surface area (Å²) in [4.78, 5) is 16.3. The predicted molar refractivity (Wildman–Crippen MR) is 124 cm³/mol. The molecule has 0 radical (unpaired) electrons. The maximum absolute atomic E-state index is 13.3. The van der Waals surface area contributed by atoms with Gasteiger partial charge in [0.05, 0.1) is 30.9 Å². The van der Waals surface area contributed by atoms with Crippen LogP contribution in [0, 0.1) is 0 Å². The molecule has 6 nitrogen and oxygen atoms in total. The van der Waals surface area contributed by atoms with Gasteiger partial charge in [-0.25, -0.2) is 8.42 Å². The maximum Gasteiger partial charge on any atom is 0.224 e. The first kappa shape index (κ1) is 22.4. The molecule has 168 valence electrons. The van der Waals surface area contributed by atoms with Gasteiger partial charge in [-0.05, 0) is 53.3 Å². The van der Waals surface area contributed by atoms with E-state index in [0.29, 0.717) is 24.5 Å². The quantitative estimate of drug-likeness (QED) is 0.519. The molecule has 2 aromatic carbocycles. The molecule has 1 unspecified atom stereocenters. The zero-order valence-corrected chi connectivity index (χ0v) is 19.6. The van der Waals surface area contributed by atoms with Crippen LogP contribution >= 0.6 is 11.3 Å². The number of benzene rings is 2. The van der Waals surface area contributed by atoms with Crippen LogP contribution in [0.2, 0.25) is 0 Å². The number of hydrogen-bond acceptors (Lipinski definition) is 6. The molecule has 0 saturated heterocycles. The molecule has 0 aliphatic carbocycles. The summed E-state index contributed by atoms with van der Waals surface area (Å²) in [6.45, 7) is 0.509. The number of carbonyl (C=O) groups excluding carboxylic acids is 1. The van der Waals surface area contributed by atoms with Gasteiger partial charge in [-0.1, -0.05) is 24.3 Å². The highest BCUT2D eigenvalue weighted by Crippen LogP contribution is 2.42. The van der Waals surface area contributed by atoms with E-state index in [1.807, 2.05) is 29.6 Å². The summed E-state index contributed by atoms with van der Waals surface area (Å²) in [5, 5.41) is 1.98. The van der Waals surface area contributed by atoms with E-state index in [1.54, 1.807) is 60.8 Å². The second kappa shape index (κ2) is 9.34. The summed E-state index contributed by atoms with van der Waals surface area (Å²) in [5.41, 5.74) is 2.08. The number of ether oxygens (including phenoxy) is 2. The molecule has 0 N–H and O–H groups in total. The first-order valence-electron chi connectivity index (χ1n) is 10.3. The summed E-state index contributed by atoms with van der Waals surface area (Å²) in [6, 6.07) is 15.8. The molecule has 1 amide bonds. The summed E-state index contributed by atoms with van der Waals surface area (Å²) in [5.74, 6) is 0.865. The Bertz CT molecular complexity index is 1190. The summed E-state index contributed by atoms with van der Waals surface area (Å²) in [7, 11) is -0.335. The third kappa shape index (κ3) is 4.38. The zero-order valence-electron chi connectivity index (χ0n) is 18.0. The highest BCUT2D eigenvalue weighted by molar-refractivity contribution is 7.91. The molecule has 4 rings (SSSR count). The van der Waals surface area contributed by atoms with Gasteiger partial charge >= 0.3 is 0 Å². The summed E-state index contributed by atoms with van der Waals surface area (Å²) < 4.78 is 36.3. The van der Waals surface area contributed by atoms with Crippen LogP contribution in [0.15, 0.2) is 64.9 Å². The topological polar surface area (TPSA) is 72.9 Å². The monoisotopic (exact) mass is 471 g/mol. The Morgan fingerprint density at radius 3 is 2.44 bits per heavy atom. The third-order valence-corrected chi connectivity index (χ3v) is 8.35. The first-order chi connectivity index (χ1) is 15.4. The Labute approximate surface area is 192 Å². The van der Waals surface area contributed by atoms with Gasteiger partial charge in [-0.15, -0.1) is 11.3 Å². The number of amides is 1. The number of fused-ring (bicyclic) bond motifs is 1. The zero-order chi connectivity index (χ0) is 22.7. The van der Waals surface area contributed by atoms with Gasteiger partial charge in [0.1, 0.15) is 0 Å². The Kier molecular flexibility index (Phi) is 6.53. The van der Waals surface area contributed by atoms with Crippen LogP contribution < -0.4 is 9.47 Å². The highest BCUT2D eigenvalue weighted by Gasteiger charge is 2.34.